The standard InChI is InChI=1S/C16H20N2O6S/c1-3-25-13-5-4-11(18(22)23)8-12(13)14(19)17-7-6-16(9-17,10-24-2)15(20)21/h4-5,8H,3,6-7,9-10H2,1-2H3,(H,20,21). The van der Waals surface area contributed by atoms with E-state index in [1.807, 2.05) is 6.92 Å². The summed E-state index contributed by atoms with van der Waals surface area (Å²) >= 11 is 1.41. The molecule has 1 aromatic carbocycles. The average molecular weight is 368 g/mol. The Kier molecular flexibility index (Phi) is 6.02. The lowest BCUT2D eigenvalue weighted by molar-refractivity contribution is -0.384. The highest BCUT2D eigenvalue weighted by Crippen LogP contribution is 2.34. The molecule has 0 radical (unpaired) electrons. The largest absolute Gasteiger partial charge is 0.481 e. The van der Waals surface area contributed by atoms with Gasteiger partial charge in [0.05, 0.1) is 17.1 Å². The van der Waals surface area contributed by atoms with Gasteiger partial charge in [0.1, 0.15) is 5.41 Å². The maximum Gasteiger partial charge on any atom is 0.313 e. The van der Waals surface area contributed by atoms with E-state index in [-0.39, 0.29) is 43.3 Å². The number of aliphatic carboxylic acids is 1. The number of carbonyl (C=O) groups is 2. The van der Waals surface area contributed by atoms with Crippen molar-refractivity contribution < 1.29 is 24.4 Å². The number of amides is 1. The summed E-state index contributed by atoms with van der Waals surface area (Å²) in [5, 5.41) is 20.5. The Morgan fingerprint density at radius 2 is 2.20 bits per heavy atom. The number of nitro benzene ring substituents is 1. The van der Waals surface area contributed by atoms with Gasteiger partial charge in [0, 0.05) is 37.2 Å². The first-order valence-electron chi connectivity index (χ1n) is 7.77. The molecule has 0 aliphatic carbocycles. The topological polar surface area (TPSA) is 110 Å². The lowest BCUT2D eigenvalue weighted by atomic mass is 9.88. The van der Waals surface area contributed by atoms with Crippen LogP contribution in [0.1, 0.15) is 23.7 Å². The summed E-state index contributed by atoms with van der Waals surface area (Å²) in [4.78, 5) is 37.1. The minimum Gasteiger partial charge on any atom is -0.481 e. The Balaban J connectivity index is 2.32. The number of nitro groups is 1. The van der Waals surface area contributed by atoms with Crippen molar-refractivity contribution >= 4 is 29.3 Å². The van der Waals surface area contributed by atoms with Crippen LogP contribution in [0.5, 0.6) is 0 Å². The van der Waals surface area contributed by atoms with Crippen molar-refractivity contribution in [3.63, 3.8) is 0 Å². The van der Waals surface area contributed by atoms with Gasteiger partial charge in [-0.25, -0.2) is 0 Å². The maximum atomic E-state index is 12.9. The van der Waals surface area contributed by atoms with Crippen LogP contribution in [-0.4, -0.2) is 59.4 Å². The molecule has 0 saturated carbocycles. The van der Waals surface area contributed by atoms with E-state index in [1.54, 1.807) is 6.07 Å². The van der Waals surface area contributed by atoms with E-state index in [0.717, 1.165) is 0 Å². The molecular weight excluding hydrogens is 348 g/mol. The van der Waals surface area contributed by atoms with E-state index >= 15 is 0 Å². The van der Waals surface area contributed by atoms with E-state index in [2.05, 4.69) is 0 Å². The Labute approximate surface area is 149 Å². The lowest BCUT2D eigenvalue weighted by Gasteiger charge is -2.24. The number of benzene rings is 1. The van der Waals surface area contributed by atoms with Crippen LogP contribution in [0, 0.1) is 15.5 Å². The van der Waals surface area contributed by atoms with E-state index in [1.165, 1.54) is 35.9 Å². The van der Waals surface area contributed by atoms with Crippen LogP contribution >= 0.6 is 11.8 Å². The summed E-state index contributed by atoms with van der Waals surface area (Å²) in [6.45, 7) is 2.23. The average Bonchev–Trinajstić information content (AvgIpc) is 3.00. The van der Waals surface area contributed by atoms with E-state index in [4.69, 9.17) is 4.74 Å². The molecule has 25 heavy (non-hydrogen) atoms. The molecule has 1 atom stereocenters. The number of likely N-dealkylation sites (tertiary alicyclic amines) is 1. The zero-order valence-electron chi connectivity index (χ0n) is 14.1. The number of hydrogen-bond acceptors (Lipinski definition) is 6. The normalized spacial score (nSPS) is 19.8. The van der Waals surface area contributed by atoms with Crippen LogP contribution in [0.15, 0.2) is 23.1 Å². The molecule has 136 valence electrons. The second kappa shape index (κ2) is 7.83. The Hall–Kier alpha value is -2.13. The molecule has 8 nitrogen and oxygen atoms in total. The third-order valence-corrected chi connectivity index (χ3v) is 5.18. The zero-order valence-corrected chi connectivity index (χ0v) is 14.9. The van der Waals surface area contributed by atoms with E-state index in [0.29, 0.717) is 10.6 Å². The Bertz CT molecular complexity index is 695. The molecule has 1 fully saturated rings. The first-order valence-corrected chi connectivity index (χ1v) is 8.76. The summed E-state index contributed by atoms with van der Waals surface area (Å²) < 4.78 is 5.02. The van der Waals surface area contributed by atoms with Gasteiger partial charge in [-0.1, -0.05) is 6.92 Å². The summed E-state index contributed by atoms with van der Waals surface area (Å²) in [5.74, 6) is -0.688. The fourth-order valence-electron chi connectivity index (χ4n) is 2.93. The van der Waals surface area contributed by atoms with Crippen LogP contribution < -0.4 is 0 Å². The van der Waals surface area contributed by atoms with Crippen LogP contribution in [0.4, 0.5) is 5.69 Å². The third-order valence-electron chi connectivity index (χ3n) is 4.22. The number of carboxylic acids is 1. The van der Waals surface area contributed by atoms with Crippen molar-refractivity contribution in [1.29, 1.82) is 0 Å². The summed E-state index contributed by atoms with van der Waals surface area (Å²) in [6, 6.07) is 4.19. The first kappa shape index (κ1) is 19.2. The number of non-ortho nitro benzene ring substituents is 1. The fourth-order valence-corrected chi connectivity index (χ4v) is 3.70. The zero-order chi connectivity index (χ0) is 18.6. The van der Waals surface area contributed by atoms with Crippen LogP contribution in [0.25, 0.3) is 0 Å². The molecular formula is C16H20N2O6S. The smallest absolute Gasteiger partial charge is 0.313 e. The van der Waals surface area contributed by atoms with E-state index in [9.17, 15) is 24.8 Å². The number of hydrogen-bond donors (Lipinski definition) is 1. The van der Waals surface area contributed by atoms with Crippen LogP contribution in [0.3, 0.4) is 0 Å². The monoisotopic (exact) mass is 368 g/mol. The van der Waals surface area contributed by atoms with Gasteiger partial charge in [0.2, 0.25) is 0 Å². The molecule has 1 saturated heterocycles. The maximum absolute atomic E-state index is 12.9. The van der Waals surface area contributed by atoms with Gasteiger partial charge < -0.3 is 14.7 Å². The molecule has 1 aliphatic rings. The molecule has 1 amide bonds. The van der Waals surface area contributed by atoms with Gasteiger partial charge in [0.25, 0.3) is 11.6 Å². The number of carboxylic acid groups (broad SMARTS) is 1. The van der Waals surface area contributed by atoms with E-state index < -0.39 is 16.3 Å². The second-order valence-corrected chi connectivity index (χ2v) is 7.17. The number of ether oxygens (including phenoxy) is 1. The van der Waals surface area contributed by atoms with Crippen LogP contribution in [-0.2, 0) is 9.53 Å². The predicted octanol–water partition coefficient (Wildman–Crippen LogP) is 2.27. The summed E-state index contributed by atoms with van der Waals surface area (Å²) in [7, 11) is 1.42. The van der Waals surface area contributed by atoms with Gasteiger partial charge in [-0.2, -0.15) is 0 Å². The number of thioether (sulfide) groups is 1. The fraction of sp³-hybridized carbons (Fsp3) is 0.500. The molecule has 0 aromatic heterocycles. The minimum atomic E-state index is -1.14. The third kappa shape index (κ3) is 3.93. The first-order chi connectivity index (χ1) is 11.8. The quantitative estimate of drug-likeness (QED) is 0.446. The highest BCUT2D eigenvalue weighted by molar-refractivity contribution is 7.99. The molecule has 2 rings (SSSR count). The van der Waals surface area contributed by atoms with Crippen molar-refractivity contribution in [2.75, 3.05) is 32.6 Å². The number of carbonyl (C=O) groups excluding carboxylic acids is 1. The lowest BCUT2D eigenvalue weighted by Crippen LogP contribution is -2.40. The molecule has 1 N–H and O–H groups in total. The number of rotatable bonds is 7. The minimum absolute atomic E-state index is 0.0115. The molecule has 1 heterocycles. The van der Waals surface area contributed by atoms with Gasteiger partial charge in [0.15, 0.2) is 0 Å². The molecule has 0 bridgehead atoms. The molecule has 1 aromatic rings. The Morgan fingerprint density at radius 1 is 1.48 bits per heavy atom. The van der Waals surface area contributed by atoms with Gasteiger partial charge in [-0.3, -0.25) is 19.7 Å². The molecule has 1 unspecified atom stereocenters. The van der Waals surface area contributed by atoms with Crippen molar-refractivity contribution in [3.8, 4) is 0 Å². The molecule has 1 aliphatic heterocycles. The highest BCUT2D eigenvalue weighted by Gasteiger charge is 2.46. The Morgan fingerprint density at radius 3 is 2.76 bits per heavy atom. The van der Waals surface area contributed by atoms with Crippen molar-refractivity contribution in [3.05, 3.63) is 33.9 Å². The second-order valence-electron chi connectivity index (χ2n) is 5.87. The van der Waals surface area contributed by atoms with Crippen molar-refractivity contribution in [1.82, 2.24) is 4.90 Å². The summed E-state index contributed by atoms with van der Waals surface area (Å²) in [5.41, 5.74) is -1.06. The van der Waals surface area contributed by atoms with Gasteiger partial charge in [-0.05, 0) is 18.2 Å². The summed E-state index contributed by atoms with van der Waals surface area (Å²) in [6.07, 6.45) is 0.285. The van der Waals surface area contributed by atoms with Crippen molar-refractivity contribution in [2.45, 2.75) is 18.2 Å². The predicted molar refractivity (Wildman–Crippen MR) is 92.0 cm³/mol. The van der Waals surface area contributed by atoms with Gasteiger partial charge in [-0.15, -0.1) is 11.8 Å². The molecule has 0 spiro atoms. The highest BCUT2D eigenvalue weighted by atomic mass is 32.2. The van der Waals surface area contributed by atoms with Crippen LogP contribution in [0.2, 0.25) is 0 Å². The van der Waals surface area contributed by atoms with Crippen molar-refractivity contribution in [2.24, 2.45) is 5.41 Å². The number of methoxy groups -OCH3 is 1. The van der Waals surface area contributed by atoms with Gasteiger partial charge >= 0.3 is 5.97 Å². The SMILES string of the molecule is CCSc1ccc([N+](=O)[O-])cc1C(=O)N1CCC(COC)(C(=O)O)C1. The molecule has 9 heteroatoms. The number of nitrogens with zero attached hydrogens (tertiary/aromatic N) is 2.